The average Bonchev–Trinajstić information content (AvgIpc) is 2.77. The van der Waals surface area contributed by atoms with Crippen LogP contribution in [-0.2, 0) is 16.4 Å². The van der Waals surface area contributed by atoms with Gasteiger partial charge in [0.1, 0.15) is 17.6 Å². The van der Waals surface area contributed by atoms with Crippen LogP contribution in [0, 0.1) is 18.3 Å². The predicted octanol–water partition coefficient (Wildman–Crippen LogP) is 6.23. The summed E-state index contributed by atoms with van der Waals surface area (Å²) in [4.78, 5) is -0.320. The Balaban J connectivity index is 1.89. The summed E-state index contributed by atoms with van der Waals surface area (Å²) < 4.78 is 36.9. The maximum absolute atomic E-state index is 12.9. The molecule has 0 aliphatic carbocycles. The molecule has 3 aromatic carbocycles. The number of methoxy groups -OCH3 is 1. The molecular formula is C24H19Cl2NO4S. The number of nitriles is 1. The van der Waals surface area contributed by atoms with E-state index in [0.717, 1.165) is 5.56 Å². The first-order valence-electron chi connectivity index (χ1n) is 9.43. The minimum atomic E-state index is -3.95. The van der Waals surface area contributed by atoms with Gasteiger partial charge in [-0.15, -0.1) is 0 Å². The van der Waals surface area contributed by atoms with Crippen molar-refractivity contribution in [1.29, 1.82) is 5.26 Å². The Kier molecular flexibility index (Phi) is 7.47. The molecule has 0 saturated heterocycles. The zero-order valence-electron chi connectivity index (χ0n) is 17.3. The third-order valence-corrected chi connectivity index (χ3v) is 7.04. The van der Waals surface area contributed by atoms with Gasteiger partial charge in [-0.05, 0) is 55.0 Å². The smallest absolute Gasteiger partial charge is 0.216 e. The summed E-state index contributed by atoms with van der Waals surface area (Å²) >= 11 is 12.4. The summed E-state index contributed by atoms with van der Waals surface area (Å²) in [5, 5.41) is 10.5. The maximum Gasteiger partial charge on any atom is 0.216 e. The van der Waals surface area contributed by atoms with Crippen LogP contribution in [0.15, 0.2) is 70.5 Å². The molecule has 0 atom stereocenters. The quantitative estimate of drug-likeness (QED) is 0.369. The van der Waals surface area contributed by atoms with Gasteiger partial charge in [0, 0.05) is 15.6 Å². The lowest BCUT2D eigenvalue weighted by Crippen LogP contribution is -2.03. The van der Waals surface area contributed by atoms with E-state index in [-0.39, 0.29) is 16.4 Å². The van der Waals surface area contributed by atoms with Crippen molar-refractivity contribution in [3.8, 4) is 17.6 Å². The van der Waals surface area contributed by atoms with Crippen LogP contribution in [0.25, 0.3) is 6.08 Å². The van der Waals surface area contributed by atoms with E-state index in [1.807, 2.05) is 6.92 Å². The highest BCUT2D eigenvalue weighted by molar-refractivity contribution is 7.95. The Labute approximate surface area is 197 Å². The summed E-state index contributed by atoms with van der Waals surface area (Å²) in [5.41, 5.74) is 2.03. The lowest BCUT2D eigenvalue weighted by Gasteiger charge is -2.13. The molecule has 32 heavy (non-hydrogen) atoms. The van der Waals surface area contributed by atoms with Gasteiger partial charge in [0.25, 0.3) is 0 Å². The van der Waals surface area contributed by atoms with Gasteiger partial charge in [-0.1, -0.05) is 53.0 Å². The monoisotopic (exact) mass is 487 g/mol. The van der Waals surface area contributed by atoms with Gasteiger partial charge in [0.15, 0.2) is 11.5 Å². The van der Waals surface area contributed by atoms with E-state index in [0.29, 0.717) is 32.7 Å². The SMILES string of the molecule is COc1cc(C=C(C#N)S(=O)(=O)c2ccc(C)cc2)ccc1OCc1c(Cl)cccc1Cl. The van der Waals surface area contributed by atoms with Crippen molar-refractivity contribution in [2.75, 3.05) is 7.11 Å². The van der Waals surface area contributed by atoms with Crippen molar-refractivity contribution >= 4 is 39.1 Å². The second-order valence-corrected chi connectivity index (χ2v) is 9.57. The first kappa shape index (κ1) is 23.7. The molecule has 0 heterocycles. The van der Waals surface area contributed by atoms with E-state index < -0.39 is 9.84 Å². The van der Waals surface area contributed by atoms with Crippen molar-refractivity contribution in [3.05, 3.63) is 92.3 Å². The molecule has 3 rings (SSSR count). The zero-order chi connectivity index (χ0) is 23.3. The molecule has 164 valence electrons. The number of hydrogen-bond acceptors (Lipinski definition) is 5. The molecule has 0 bridgehead atoms. The molecule has 5 nitrogen and oxygen atoms in total. The van der Waals surface area contributed by atoms with E-state index in [1.54, 1.807) is 54.6 Å². The van der Waals surface area contributed by atoms with Crippen molar-refractivity contribution in [3.63, 3.8) is 0 Å². The fourth-order valence-corrected chi connectivity index (χ4v) is 4.55. The highest BCUT2D eigenvalue weighted by atomic mass is 35.5. The van der Waals surface area contributed by atoms with Gasteiger partial charge in [0.2, 0.25) is 9.84 Å². The number of sulfone groups is 1. The molecule has 0 saturated carbocycles. The summed E-state index contributed by atoms with van der Waals surface area (Å²) in [6.07, 6.45) is 1.30. The Morgan fingerprint density at radius 1 is 1.03 bits per heavy atom. The highest BCUT2D eigenvalue weighted by Crippen LogP contribution is 2.32. The van der Waals surface area contributed by atoms with Gasteiger partial charge in [-0.3, -0.25) is 0 Å². The maximum atomic E-state index is 12.9. The van der Waals surface area contributed by atoms with Crippen LogP contribution in [0.1, 0.15) is 16.7 Å². The van der Waals surface area contributed by atoms with E-state index in [1.165, 1.54) is 25.3 Å². The van der Waals surface area contributed by atoms with Crippen LogP contribution in [0.3, 0.4) is 0 Å². The lowest BCUT2D eigenvalue weighted by molar-refractivity contribution is 0.284. The minimum Gasteiger partial charge on any atom is -0.493 e. The third kappa shape index (κ3) is 5.25. The van der Waals surface area contributed by atoms with Crippen LogP contribution in [0.4, 0.5) is 0 Å². The largest absolute Gasteiger partial charge is 0.493 e. The fraction of sp³-hybridized carbons (Fsp3) is 0.125. The molecule has 0 aromatic heterocycles. The Morgan fingerprint density at radius 2 is 1.69 bits per heavy atom. The molecule has 8 heteroatoms. The van der Waals surface area contributed by atoms with Gasteiger partial charge in [-0.2, -0.15) is 5.26 Å². The summed E-state index contributed by atoms with van der Waals surface area (Å²) in [5.74, 6) is 0.785. The predicted molar refractivity (Wildman–Crippen MR) is 126 cm³/mol. The summed E-state index contributed by atoms with van der Waals surface area (Å²) in [6.45, 7) is 1.97. The first-order chi connectivity index (χ1) is 15.3. The number of hydrogen-bond donors (Lipinski definition) is 0. The van der Waals surface area contributed by atoms with Gasteiger partial charge in [0.05, 0.1) is 12.0 Å². The van der Waals surface area contributed by atoms with E-state index >= 15 is 0 Å². The van der Waals surface area contributed by atoms with Gasteiger partial charge >= 0.3 is 0 Å². The van der Waals surface area contributed by atoms with Crippen LogP contribution < -0.4 is 9.47 Å². The number of ether oxygens (including phenoxy) is 2. The second-order valence-electron chi connectivity index (χ2n) is 6.84. The van der Waals surface area contributed by atoms with E-state index in [4.69, 9.17) is 32.7 Å². The van der Waals surface area contributed by atoms with Crippen molar-refractivity contribution < 1.29 is 17.9 Å². The Hall–Kier alpha value is -2.98. The van der Waals surface area contributed by atoms with Gasteiger partial charge in [-0.25, -0.2) is 8.42 Å². The number of halogens is 2. The standard InChI is InChI=1S/C24H19Cl2NO4S/c1-16-6-9-18(10-7-16)32(28,29)19(14-27)12-17-8-11-23(24(13-17)30-2)31-15-20-21(25)4-3-5-22(20)26/h3-13H,15H2,1-2H3. The van der Waals surface area contributed by atoms with Crippen LogP contribution >= 0.6 is 23.2 Å². The fourth-order valence-electron chi connectivity index (χ4n) is 2.88. The number of rotatable bonds is 7. The van der Waals surface area contributed by atoms with Crippen molar-refractivity contribution in [2.24, 2.45) is 0 Å². The average molecular weight is 488 g/mol. The minimum absolute atomic E-state index is 0.0550. The van der Waals surface area contributed by atoms with E-state index in [9.17, 15) is 13.7 Å². The number of nitrogens with zero attached hydrogens (tertiary/aromatic N) is 1. The topological polar surface area (TPSA) is 76.4 Å². The number of benzene rings is 3. The first-order valence-corrected chi connectivity index (χ1v) is 11.7. The second kappa shape index (κ2) is 10.1. The highest BCUT2D eigenvalue weighted by Gasteiger charge is 2.21. The van der Waals surface area contributed by atoms with Crippen molar-refractivity contribution in [1.82, 2.24) is 0 Å². The lowest BCUT2D eigenvalue weighted by atomic mass is 10.2. The Bertz CT molecular complexity index is 1290. The molecule has 0 unspecified atom stereocenters. The van der Waals surface area contributed by atoms with Crippen molar-refractivity contribution in [2.45, 2.75) is 18.4 Å². The van der Waals surface area contributed by atoms with Crippen LogP contribution in [0.2, 0.25) is 10.0 Å². The van der Waals surface area contributed by atoms with E-state index in [2.05, 4.69) is 0 Å². The molecule has 0 N–H and O–H groups in total. The molecule has 0 aliphatic heterocycles. The number of aryl methyl sites for hydroxylation is 1. The Morgan fingerprint density at radius 3 is 2.28 bits per heavy atom. The third-order valence-electron chi connectivity index (χ3n) is 4.65. The molecule has 0 amide bonds. The van der Waals surface area contributed by atoms with Gasteiger partial charge < -0.3 is 9.47 Å². The number of allylic oxidation sites excluding steroid dienone is 1. The molecule has 0 spiro atoms. The van der Waals surface area contributed by atoms with Crippen LogP contribution in [0.5, 0.6) is 11.5 Å². The molecule has 3 aromatic rings. The summed E-state index contributed by atoms with van der Waals surface area (Å²) in [7, 11) is -2.49. The molecule has 0 radical (unpaired) electrons. The summed E-state index contributed by atoms with van der Waals surface area (Å²) in [6, 6.07) is 18.1. The molecular weight excluding hydrogens is 469 g/mol. The normalized spacial score (nSPS) is 11.7. The zero-order valence-corrected chi connectivity index (χ0v) is 19.6. The van der Waals surface area contributed by atoms with Crippen LogP contribution in [-0.4, -0.2) is 15.5 Å². The molecule has 0 aliphatic rings. The molecule has 0 fully saturated rings.